The van der Waals surface area contributed by atoms with Gasteiger partial charge in [0.05, 0.1) is 5.60 Å². The second-order valence-corrected chi connectivity index (χ2v) is 4.99. The summed E-state index contributed by atoms with van der Waals surface area (Å²) in [6.45, 7) is 8.02. The van der Waals surface area contributed by atoms with Gasteiger partial charge in [-0.3, -0.25) is 4.90 Å². The molecule has 16 heavy (non-hydrogen) atoms. The average Bonchev–Trinajstić information content (AvgIpc) is 2.14. The van der Waals surface area contributed by atoms with E-state index in [4.69, 9.17) is 11.6 Å². The van der Waals surface area contributed by atoms with Gasteiger partial charge >= 0.3 is 0 Å². The van der Waals surface area contributed by atoms with Crippen LogP contribution in [-0.4, -0.2) is 33.7 Å². The molecule has 1 heterocycles. The second-order valence-electron chi connectivity index (χ2n) is 4.60. The number of rotatable bonds is 5. The first kappa shape index (κ1) is 13.4. The topological polar surface area (TPSA) is 36.4 Å². The van der Waals surface area contributed by atoms with E-state index in [0.29, 0.717) is 11.7 Å². The van der Waals surface area contributed by atoms with Crippen molar-refractivity contribution in [1.82, 2.24) is 9.88 Å². The molecule has 90 valence electrons. The van der Waals surface area contributed by atoms with Crippen molar-refractivity contribution in [2.24, 2.45) is 0 Å². The third kappa shape index (κ3) is 4.92. The van der Waals surface area contributed by atoms with E-state index in [0.717, 1.165) is 18.7 Å². The molecule has 0 atom stereocenters. The number of aromatic nitrogens is 1. The zero-order chi connectivity index (χ0) is 12.2. The molecule has 0 saturated carbocycles. The van der Waals surface area contributed by atoms with Gasteiger partial charge in [-0.2, -0.15) is 0 Å². The van der Waals surface area contributed by atoms with Crippen LogP contribution in [0.5, 0.6) is 0 Å². The molecule has 4 heteroatoms. The Morgan fingerprint density at radius 1 is 1.50 bits per heavy atom. The summed E-state index contributed by atoms with van der Waals surface area (Å²) in [7, 11) is 0. The molecule has 0 bridgehead atoms. The lowest BCUT2D eigenvalue weighted by molar-refractivity contribution is 0.0353. The van der Waals surface area contributed by atoms with Crippen LogP contribution in [0.2, 0.25) is 5.15 Å². The summed E-state index contributed by atoms with van der Waals surface area (Å²) in [5.74, 6) is 0. The summed E-state index contributed by atoms with van der Waals surface area (Å²) in [4.78, 5) is 6.12. The van der Waals surface area contributed by atoms with Gasteiger partial charge in [-0.25, -0.2) is 4.98 Å². The summed E-state index contributed by atoms with van der Waals surface area (Å²) in [6.07, 6.45) is 1.70. The smallest absolute Gasteiger partial charge is 0.129 e. The van der Waals surface area contributed by atoms with Gasteiger partial charge in [0.1, 0.15) is 5.15 Å². The lowest BCUT2D eigenvalue weighted by atomic mass is 10.1. The molecule has 0 aliphatic carbocycles. The van der Waals surface area contributed by atoms with Crippen LogP contribution in [0.4, 0.5) is 0 Å². The fraction of sp³-hybridized carbons (Fsp3) is 0.583. The number of halogens is 1. The van der Waals surface area contributed by atoms with Crippen molar-refractivity contribution in [3.63, 3.8) is 0 Å². The van der Waals surface area contributed by atoms with Crippen LogP contribution in [0.1, 0.15) is 26.3 Å². The van der Waals surface area contributed by atoms with Gasteiger partial charge in [0, 0.05) is 19.3 Å². The molecular weight excluding hydrogens is 224 g/mol. The van der Waals surface area contributed by atoms with Crippen molar-refractivity contribution >= 4 is 11.6 Å². The number of nitrogens with zero attached hydrogens (tertiary/aromatic N) is 2. The Balaban J connectivity index is 2.63. The van der Waals surface area contributed by atoms with E-state index in [-0.39, 0.29) is 0 Å². The SMILES string of the molecule is CCN(Cc1ccnc(Cl)c1)CC(C)(C)O. The zero-order valence-corrected chi connectivity index (χ0v) is 10.8. The molecule has 3 nitrogen and oxygen atoms in total. The fourth-order valence-corrected chi connectivity index (χ4v) is 1.82. The molecule has 0 aliphatic heterocycles. The molecule has 0 amide bonds. The van der Waals surface area contributed by atoms with Crippen molar-refractivity contribution in [3.05, 3.63) is 29.0 Å². The van der Waals surface area contributed by atoms with Crippen molar-refractivity contribution in [3.8, 4) is 0 Å². The number of likely N-dealkylation sites (N-methyl/N-ethyl adjacent to an activating group) is 1. The van der Waals surface area contributed by atoms with E-state index in [1.807, 2.05) is 26.0 Å². The second kappa shape index (κ2) is 5.62. The summed E-state index contributed by atoms with van der Waals surface area (Å²) in [6, 6.07) is 3.80. The quantitative estimate of drug-likeness (QED) is 0.806. The van der Waals surface area contributed by atoms with E-state index in [2.05, 4.69) is 16.8 Å². The van der Waals surface area contributed by atoms with Crippen molar-refractivity contribution < 1.29 is 5.11 Å². The van der Waals surface area contributed by atoms with E-state index >= 15 is 0 Å². The highest BCUT2D eigenvalue weighted by atomic mass is 35.5. The summed E-state index contributed by atoms with van der Waals surface area (Å²) in [5, 5.41) is 10.3. The number of hydrogen-bond acceptors (Lipinski definition) is 3. The van der Waals surface area contributed by atoms with Crippen LogP contribution in [-0.2, 0) is 6.54 Å². The van der Waals surface area contributed by atoms with Gasteiger partial charge in [0.2, 0.25) is 0 Å². The Morgan fingerprint density at radius 3 is 2.69 bits per heavy atom. The molecule has 0 aromatic carbocycles. The molecule has 0 unspecified atom stereocenters. The molecule has 1 aromatic heterocycles. The van der Waals surface area contributed by atoms with E-state index < -0.39 is 5.60 Å². The number of pyridine rings is 1. The van der Waals surface area contributed by atoms with Gasteiger partial charge in [0.25, 0.3) is 0 Å². The zero-order valence-electron chi connectivity index (χ0n) is 10.1. The molecule has 0 saturated heterocycles. The predicted molar refractivity (Wildman–Crippen MR) is 66.5 cm³/mol. The van der Waals surface area contributed by atoms with Crippen LogP contribution < -0.4 is 0 Å². The van der Waals surface area contributed by atoms with Gasteiger partial charge < -0.3 is 5.11 Å². The van der Waals surface area contributed by atoms with Crippen LogP contribution in [0.3, 0.4) is 0 Å². The third-order valence-corrected chi connectivity index (χ3v) is 2.46. The summed E-state index contributed by atoms with van der Waals surface area (Å²) in [5.41, 5.74) is 0.443. The minimum atomic E-state index is -0.674. The Kier molecular flexibility index (Phi) is 4.71. The standard InChI is InChI=1S/C12H19ClN2O/c1-4-15(9-12(2,3)16)8-10-5-6-14-11(13)7-10/h5-7,16H,4,8-9H2,1-3H3. The van der Waals surface area contributed by atoms with Gasteiger partial charge in [-0.05, 0) is 38.1 Å². The minimum absolute atomic E-state index is 0.511. The normalized spacial score (nSPS) is 12.1. The van der Waals surface area contributed by atoms with Crippen LogP contribution in [0.25, 0.3) is 0 Å². The first-order valence-corrected chi connectivity index (χ1v) is 5.83. The Morgan fingerprint density at radius 2 is 2.19 bits per heavy atom. The fourth-order valence-electron chi connectivity index (χ4n) is 1.63. The van der Waals surface area contributed by atoms with Gasteiger partial charge in [0.15, 0.2) is 0 Å². The van der Waals surface area contributed by atoms with Crippen LogP contribution in [0, 0.1) is 0 Å². The molecule has 0 radical (unpaired) electrons. The summed E-state index contributed by atoms with van der Waals surface area (Å²) < 4.78 is 0. The maximum absolute atomic E-state index is 9.77. The maximum Gasteiger partial charge on any atom is 0.129 e. The van der Waals surface area contributed by atoms with Crippen molar-refractivity contribution in [2.45, 2.75) is 32.9 Å². The first-order valence-electron chi connectivity index (χ1n) is 5.46. The molecule has 0 spiro atoms. The van der Waals surface area contributed by atoms with Gasteiger partial charge in [-0.1, -0.05) is 18.5 Å². The highest BCUT2D eigenvalue weighted by molar-refractivity contribution is 6.29. The minimum Gasteiger partial charge on any atom is -0.389 e. The number of aliphatic hydroxyl groups is 1. The van der Waals surface area contributed by atoms with Crippen molar-refractivity contribution in [2.75, 3.05) is 13.1 Å². The highest BCUT2D eigenvalue weighted by Crippen LogP contribution is 2.12. The molecule has 1 rings (SSSR count). The Hall–Kier alpha value is -0.640. The highest BCUT2D eigenvalue weighted by Gasteiger charge is 2.17. The molecule has 0 aliphatic rings. The van der Waals surface area contributed by atoms with Crippen molar-refractivity contribution in [1.29, 1.82) is 0 Å². The monoisotopic (exact) mass is 242 g/mol. The largest absolute Gasteiger partial charge is 0.389 e. The van der Waals surface area contributed by atoms with Crippen LogP contribution >= 0.6 is 11.6 Å². The Labute approximate surface area is 102 Å². The predicted octanol–water partition coefficient (Wildman–Crippen LogP) is 2.33. The first-order chi connectivity index (χ1) is 7.40. The van der Waals surface area contributed by atoms with E-state index in [1.165, 1.54) is 0 Å². The molecular formula is C12H19ClN2O. The number of hydrogen-bond donors (Lipinski definition) is 1. The third-order valence-electron chi connectivity index (χ3n) is 2.25. The van der Waals surface area contributed by atoms with E-state index in [9.17, 15) is 5.11 Å². The summed E-state index contributed by atoms with van der Waals surface area (Å²) >= 11 is 5.83. The lowest BCUT2D eigenvalue weighted by Crippen LogP contribution is -2.38. The van der Waals surface area contributed by atoms with Crippen LogP contribution in [0.15, 0.2) is 18.3 Å². The molecule has 0 fully saturated rings. The maximum atomic E-state index is 9.77. The van der Waals surface area contributed by atoms with Gasteiger partial charge in [-0.15, -0.1) is 0 Å². The van der Waals surface area contributed by atoms with E-state index in [1.54, 1.807) is 6.20 Å². The molecule has 1 N–H and O–H groups in total. The molecule has 1 aromatic rings. The average molecular weight is 243 g/mol. The Bertz CT molecular complexity index is 336. The lowest BCUT2D eigenvalue weighted by Gasteiger charge is -2.27.